The minimum atomic E-state index is 0.378. The molecular weight excluding hydrogens is 338 g/mol. The monoisotopic (exact) mass is 369 g/mol. The van der Waals surface area contributed by atoms with Crippen molar-refractivity contribution < 1.29 is 4.74 Å². The number of guanidine groups is 1. The highest BCUT2D eigenvalue weighted by Crippen LogP contribution is 2.43. The summed E-state index contributed by atoms with van der Waals surface area (Å²) in [5, 5.41) is 6.93. The molecule has 0 bridgehead atoms. The van der Waals surface area contributed by atoms with Crippen LogP contribution in [0.15, 0.2) is 48.0 Å². The minimum Gasteiger partial charge on any atom is -0.385 e. The Morgan fingerprint density at radius 1 is 1.22 bits per heavy atom. The Balaban J connectivity index is 1.45. The molecule has 27 heavy (non-hydrogen) atoms. The average Bonchev–Trinajstić information content (AvgIpc) is 3.17. The average molecular weight is 370 g/mol. The lowest BCUT2D eigenvalue weighted by atomic mass is 9.67. The van der Waals surface area contributed by atoms with Gasteiger partial charge in [-0.1, -0.05) is 30.7 Å². The number of rotatable bonds is 9. The third-order valence-electron chi connectivity index (χ3n) is 5.51. The molecule has 0 atom stereocenters. The van der Waals surface area contributed by atoms with Crippen molar-refractivity contribution in [3.8, 4) is 0 Å². The number of hydrogen-bond acceptors (Lipinski definition) is 3. The Morgan fingerprint density at radius 3 is 2.59 bits per heavy atom. The third-order valence-corrected chi connectivity index (χ3v) is 5.51. The fourth-order valence-electron chi connectivity index (χ4n) is 3.54. The fraction of sp³-hybridized carbons (Fsp3) is 0.524. The second kappa shape index (κ2) is 9.55. The molecule has 6 nitrogen and oxygen atoms in total. The zero-order valence-electron chi connectivity index (χ0n) is 16.4. The van der Waals surface area contributed by atoms with Crippen LogP contribution < -0.4 is 10.6 Å². The maximum absolute atomic E-state index is 5.28. The van der Waals surface area contributed by atoms with Crippen LogP contribution in [0, 0.1) is 5.41 Å². The van der Waals surface area contributed by atoms with E-state index in [1.165, 1.54) is 30.4 Å². The van der Waals surface area contributed by atoms with Crippen LogP contribution in [0.25, 0.3) is 0 Å². The Labute approximate surface area is 162 Å². The highest BCUT2D eigenvalue weighted by atomic mass is 16.5. The van der Waals surface area contributed by atoms with Gasteiger partial charge in [0.2, 0.25) is 0 Å². The molecule has 6 heteroatoms. The Bertz CT molecular complexity index is 705. The molecule has 1 aromatic heterocycles. The summed E-state index contributed by atoms with van der Waals surface area (Å²) in [5.41, 5.74) is 2.89. The van der Waals surface area contributed by atoms with E-state index in [0.29, 0.717) is 5.41 Å². The van der Waals surface area contributed by atoms with Crippen molar-refractivity contribution in [1.82, 2.24) is 20.2 Å². The lowest BCUT2D eigenvalue weighted by Crippen LogP contribution is -2.46. The summed E-state index contributed by atoms with van der Waals surface area (Å²) in [6.45, 7) is 3.40. The summed E-state index contributed by atoms with van der Waals surface area (Å²) in [6.07, 6.45) is 10.6. The first-order valence-electron chi connectivity index (χ1n) is 9.70. The second-order valence-electron chi connectivity index (χ2n) is 7.43. The van der Waals surface area contributed by atoms with Gasteiger partial charge in [0.05, 0.1) is 6.33 Å². The van der Waals surface area contributed by atoms with E-state index in [1.807, 2.05) is 19.6 Å². The van der Waals surface area contributed by atoms with Crippen LogP contribution in [0.1, 0.15) is 36.8 Å². The largest absolute Gasteiger partial charge is 0.385 e. The number of hydrogen-bond donors (Lipinski definition) is 2. The number of nitrogens with one attached hydrogen (secondary N) is 2. The second-order valence-corrected chi connectivity index (χ2v) is 7.43. The van der Waals surface area contributed by atoms with Gasteiger partial charge in [0.1, 0.15) is 0 Å². The highest BCUT2D eigenvalue weighted by molar-refractivity contribution is 5.79. The molecule has 0 radical (unpaired) electrons. The molecule has 0 amide bonds. The summed E-state index contributed by atoms with van der Waals surface area (Å²) in [6, 6.07) is 8.67. The van der Waals surface area contributed by atoms with Crippen molar-refractivity contribution in [1.29, 1.82) is 0 Å². The lowest BCUT2D eigenvalue weighted by molar-refractivity contribution is 0.0732. The van der Waals surface area contributed by atoms with Crippen molar-refractivity contribution in [2.75, 3.05) is 27.3 Å². The van der Waals surface area contributed by atoms with Gasteiger partial charge in [-0.05, 0) is 35.8 Å². The molecule has 1 saturated carbocycles. The predicted octanol–water partition coefficient (Wildman–Crippen LogP) is 2.80. The molecule has 1 aliphatic carbocycles. The lowest BCUT2D eigenvalue weighted by Gasteiger charge is -2.42. The van der Waals surface area contributed by atoms with E-state index in [1.54, 1.807) is 13.3 Å². The first-order valence-corrected chi connectivity index (χ1v) is 9.70. The van der Waals surface area contributed by atoms with E-state index in [9.17, 15) is 0 Å². The molecule has 0 spiro atoms. The number of aliphatic imine (C=N–C) groups is 1. The summed E-state index contributed by atoms with van der Waals surface area (Å²) >= 11 is 0. The molecule has 1 aromatic carbocycles. The van der Waals surface area contributed by atoms with Crippen LogP contribution in [-0.4, -0.2) is 42.8 Å². The van der Waals surface area contributed by atoms with Gasteiger partial charge in [-0.15, -0.1) is 0 Å². The predicted molar refractivity (Wildman–Crippen MR) is 109 cm³/mol. The number of imidazole rings is 1. The van der Waals surface area contributed by atoms with Gasteiger partial charge < -0.3 is 19.9 Å². The van der Waals surface area contributed by atoms with Gasteiger partial charge >= 0.3 is 0 Å². The van der Waals surface area contributed by atoms with Crippen LogP contribution in [0.4, 0.5) is 0 Å². The van der Waals surface area contributed by atoms with Gasteiger partial charge in [0.25, 0.3) is 0 Å². The summed E-state index contributed by atoms with van der Waals surface area (Å²) < 4.78 is 7.34. The topological polar surface area (TPSA) is 63.5 Å². The van der Waals surface area contributed by atoms with Crippen molar-refractivity contribution in [3.05, 3.63) is 54.1 Å². The molecule has 1 aliphatic rings. The summed E-state index contributed by atoms with van der Waals surface area (Å²) in [5.74, 6) is 0.862. The van der Waals surface area contributed by atoms with E-state index < -0.39 is 0 Å². The normalized spacial score (nSPS) is 16.0. The molecule has 0 unspecified atom stereocenters. The number of benzene rings is 1. The number of methoxy groups -OCH3 is 1. The molecule has 2 N–H and O–H groups in total. The standard InChI is InChI=1S/C21H31N5O/c1-22-20(25-16-21(8-3-9-21)10-13-27-2)24-14-18-4-6-19(7-5-18)15-26-12-11-23-17-26/h4-7,11-12,17H,3,8-10,13-16H2,1-2H3,(H2,22,24,25). The molecule has 0 saturated heterocycles. The minimum absolute atomic E-state index is 0.378. The fourth-order valence-corrected chi connectivity index (χ4v) is 3.54. The van der Waals surface area contributed by atoms with E-state index in [4.69, 9.17) is 4.74 Å². The Morgan fingerprint density at radius 2 is 2.00 bits per heavy atom. The van der Waals surface area contributed by atoms with E-state index in [0.717, 1.165) is 38.6 Å². The third kappa shape index (κ3) is 5.57. The molecular formula is C21H31N5O. The maximum atomic E-state index is 5.28. The first-order chi connectivity index (χ1) is 13.2. The molecule has 146 valence electrons. The summed E-state index contributed by atoms with van der Waals surface area (Å²) in [4.78, 5) is 8.45. The van der Waals surface area contributed by atoms with Crippen LogP contribution in [-0.2, 0) is 17.8 Å². The van der Waals surface area contributed by atoms with E-state index >= 15 is 0 Å². The van der Waals surface area contributed by atoms with Gasteiger partial charge in [-0.3, -0.25) is 4.99 Å². The number of ether oxygens (including phenoxy) is 1. The van der Waals surface area contributed by atoms with Gasteiger partial charge in [-0.25, -0.2) is 4.98 Å². The van der Waals surface area contributed by atoms with Gasteiger partial charge in [0.15, 0.2) is 5.96 Å². The molecule has 1 fully saturated rings. The zero-order chi connectivity index (χ0) is 19.0. The Hall–Kier alpha value is -2.34. The van der Waals surface area contributed by atoms with Crippen LogP contribution in [0.2, 0.25) is 0 Å². The van der Waals surface area contributed by atoms with Crippen molar-refractivity contribution >= 4 is 5.96 Å². The van der Waals surface area contributed by atoms with Gasteiger partial charge in [-0.2, -0.15) is 0 Å². The van der Waals surface area contributed by atoms with Crippen LogP contribution in [0.3, 0.4) is 0 Å². The molecule has 2 aromatic rings. The Kier molecular flexibility index (Phi) is 6.87. The molecule has 1 heterocycles. The van der Waals surface area contributed by atoms with Crippen molar-refractivity contribution in [3.63, 3.8) is 0 Å². The van der Waals surface area contributed by atoms with Crippen LogP contribution >= 0.6 is 0 Å². The quantitative estimate of drug-likeness (QED) is 0.527. The smallest absolute Gasteiger partial charge is 0.191 e. The zero-order valence-corrected chi connectivity index (χ0v) is 16.4. The van der Waals surface area contributed by atoms with Crippen LogP contribution in [0.5, 0.6) is 0 Å². The van der Waals surface area contributed by atoms with E-state index in [-0.39, 0.29) is 0 Å². The van der Waals surface area contributed by atoms with Crippen molar-refractivity contribution in [2.24, 2.45) is 10.4 Å². The maximum Gasteiger partial charge on any atom is 0.191 e. The summed E-state index contributed by atoms with van der Waals surface area (Å²) in [7, 11) is 3.60. The number of aromatic nitrogens is 2. The highest BCUT2D eigenvalue weighted by Gasteiger charge is 2.36. The first kappa shape index (κ1) is 19.4. The molecule has 0 aliphatic heterocycles. The van der Waals surface area contributed by atoms with Gasteiger partial charge in [0, 0.05) is 52.8 Å². The van der Waals surface area contributed by atoms with Crippen molar-refractivity contribution in [2.45, 2.75) is 38.8 Å². The molecule has 3 rings (SSSR count). The number of nitrogens with zero attached hydrogens (tertiary/aromatic N) is 3. The SMILES string of the molecule is CN=C(NCc1ccc(Cn2ccnc2)cc1)NCC1(CCOC)CCC1. The van der Waals surface area contributed by atoms with E-state index in [2.05, 4.69) is 49.4 Å².